The quantitative estimate of drug-likeness (QED) is 0.131. The Hall–Kier alpha value is -3.77. The molecule has 5 aromatic rings. The Kier molecular flexibility index (Phi) is 9.85. The first kappa shape index (κ1) is 29.7. The minimum absolute atomic E-state index is 0.207. The summed E-state index contributed by atoms with van der Waals surface area (Å²) in [7, 11) is 0. The second-order valence-corrected chi connectivity index (χ2v) is 11.7. The van der Waals surface area contributed by atoms with E-state index in [-0.39, 0.29) is 12.4 Å². The Bertz CT molecular complexity index is 1470. The second kappa shape index (κ2) is 13.9. The molecule has 42 heavy (non-hydrogen) atoms. The molecule has 0 aliphatic heterocycles. The van der Waals surface area contributed by atoms with Gasteiger partial charge in [0.2, 0.25) is 0 Å². The average molecular weight is 618 g/mol. The van der Waals surface area contributed by atoms with E-state index >= 15 is 0 Å². The zero-order chi connectivity index (χ0) is 29.4. The third-order valence-corrected chi connectivity index (χ3v) is 8.38. The number of carbonyl (C=O) groups excluding carboxylic acids is 1. The Morgan fingerprint density at radius 2 is 1.14 bits per heavy atom. The molecule has 0 saturated heterocycles. The standard InChI is InChI=1S/C35H30Cl2O4S/c1-35(21-18-34(38)39-22-19-25-20-23-42-24-25,26-2-10-30(11-3-26)40-32-14-6-28(36)7-15-32)27-4-12-31(13-5-27)41-33-16-8-29(37)9-17-33/h2-17,20,23-24H,18-19,21-22H2,1H3. The van der Waals surface area contributed by atoms with Crippen LogP contribution in [-0.4, -0.2) is 12.6 Å². The first-order chi connectivity index (χ1) is 20.4. The summed E-state index contributed by atoms with van der Waals surface area (Å²) < 4.78 is 17.6. The Balaban J connectivity index is 1.32. The Morgan fingerprint density at radius 3 is 1.57 bits per heavy atom. The number of ether oxygens (including phenoxy) is 3. The number of halogens is 2. The fraction of sp³-hybridized carbons (Fsp3) is 0.171. The van der Waals surface area contributed by atoms with E-state index in [1.807, 2.05) is 78.2 Å². The first-order valence-electron chi connectivity index (χ1n) is 13.6. The van der Waals surface area contributed by atoms with Gasteiger partial charge in [-0.15, -0.1) is 0 Å². The molecule has 0 unspecified atom stereocenters. The van der Waals surface area contributed by atoms with E-state index in [1.165, 1.54) is 5.56 Å². The number of esters is 1. The summed E-state index contributed by atoms with van der Waals surface area (Å²) in [5.74, 6) is 2.63. The van der Waals surface area contributed by atoms with Crippen LogP contribution in [0.2, 0.25) is 10.0 Å². The number of hydrogen-bond acceptors (Lipinski definition) is 5. The van der Waals surface area contributed by atoms with Crippen molar-refractivity contribution in [3.63, 3.8) is 0 Å². The van der Waals surface area contributed by atoms with Gasteiger partial charge >= 0.3 is 5.97 Å². The summed E-state index contributed by atoms with van der Waals surface area (Å²) >= 11 is 13.6. The molecule has 214 valence electrons. The van der Waals surface area contributed by atoms with Crippen LogP contribution < -0.4 is 9.47 Å². The van der Waals surface area contributed by atoms with Crippen LogP contribution >= 0.6 is 34.5 Å². The van der Waals surface area contributed by atoms with Crippen LogP contribution in [-0.2, 0) is 21.4 Å². The number of carbonyl (C=O) groups is 1. The molecule has 5 rings (SSSR count). The lowest BCUT2D eigenvalue weighted by Gasteiger charge is -2.31. The molecule has 1 heterocycles. The predicted octanol–water partition coefficient (Wildman–Crippen LogP) is 10.5. The minimum atomic E-state index is -0.468. The van der Waals surface area contributed by atoms with E-state index in [4.69, 9.17) is 37.4 Å². The van der Waals surface area contributed by atoms with Crippen molar-refractivity contribution in [2.75, 3.05) is 6.61 Å². The summed E-state index contributed by atoms with van der Waals surface area (Å²) in [6.45, 7) is 2.52. The number of benzene rings is 4. The van der Waals surface area contributed by atoms with E-state index in [0.717, 1.165) is 17.5 Å². The van der Waals surface area contributed by atoms with Crippen molar-refractivity contribution in [1.29, 1.82) is 0 Å². The zero-order valence-corrected chi connectivity index (χ0v) is 25.4. The molecular weight excluding hydrogens is 587 g/mol. The maximum atomic E-state index is 12.8. The SMILES string of the molecule is CC(CCC(=O)OCCc1ccsc1)(c1ccc(Oc2ccc(Cl)cc2)cc1)c1ccc(Oc2ccc(Cl)cc2)cc1. The minimum Gasteiger partial charge on any atom is -0.465 e. The van der Waals surface area contributed by atoms with E-state index in [1.54, 1.807) is 35.6 Å². The molecule has 0 bridgehead atoms. The molecule has 0 radical (unpaired) electrons. The fourth-order valence-corrected chi connectivity index (χ4v) is 5.61. The largest absolute Gasteiger partial charge is 0.465 e. The van der Waals surface area contributed by atoms with Crippen LogP contribution in [0.4, 0.5) is 0 Å². The van der Waals surface area contributed by atoms with Gasteiger partial charge in [-0.05, 0) is 113 Å². The van der Waals surface area contributed by atoms with Gasteiger partial charge in [0.1, 0.15) is 23.0 Å². The van der Waals surface area contributed by atoms with Crippen LogP contribution in [0.25, 0.3) is 0 Å². The monoisotopic (exact) mass is 616 g/mol. The smallest absolute Gasteiger partial charge is 0.305 e. The van der Waals surface area contributed by atoms with Gasteiger partial charge < -0.3 is 14.2 Å². The molecule has 0 N–H and O–H groups in total. The second-order valence-electron chi connectivity index (χ2n) is 10.1. The predicted molar refractivity (Wildman–Crippen MR) is 171 cm³/mol. The molecule has 4 aromatic carbocycles. The van der Waals surface area contributed by atoms with Crippen LogP contribution in [0, 0.1) is 0 Å². The van der Waals surface area contributed by atoms with Crippen LogP contribution in [0.1, 0.15) is 36.5 Å². The van der Waals surface area contributed by atoms with Crippen molar-refractivity contribution in [2.24, 2.45) is 0 Å². The molecule has 1 aromatic heterocycles. The third-order valence-electron chi connectivity index (χ3n) is 7.14. The van der Waals surface area contributed by atoms with Gasteiger partial charge in [0.25, 0.3) is 0 Å². The first-order valence-corrected chi connectivity index (χ1v) is 15.3. The molecule has 0 saturated carbocycles. The number of thiophene rings is 1. The lowest BCUT2D eigenvalue weighted by molar-refractivity contribution is -0.143. The van der Waals surface area contributed by atoms with Crippen LogP contribution in [0.15, 0.2) is 114 Å². The van der Waals surface area contributed by atoms with E-state index in [9.17, 15) is 4.79 Å². The molecule has 0 amide bonds. The maximum absolute atomic E-state index is 12.8. The lowest BCUT2D eigenvalue weighted by Crippen LogP contribution is -2.25. The Labute approximate surface area is 260 Å². The van der Waals surface area contributed by atoms with Crippen LogP contribution in [0.5, 0.6) is 23.0 Å². The summed E-state index contributed by atoms with van der Waals surface area (Å²) in [6, 6.07) is 32.5. The van der Waals surface area contributed by atoms with E-state index in [2.05, 4.69) is 18.4 Å². The van der Waals surface area contributed by atoms with Gasteiger partial charge in [-0.25, -0.2) is 0 Å². The van der Waals surface area contributed by atoms with E-state index < -0.39 is 5.41 Å². The summed E-state index contributed by atoms with van der Waals surface area (Å²) in [5.41, 5.74) is 2.83. The average Bonchev–Trinajstić information content (AvgIpc) is 3.53. The topological polar surface area (TPSA) is 44.8 Å². The van der Waals surface area contributed by atoms with Crippen molar-refractivity contribution >= 4 is 40.5 Å². The van der Waals surface area contributed by atoms with Gasteiger partial charge in [-0.3, -0.25) is 4.79 Å². The van der Waals surface area contributed by atoms with Gasteiger partial charge in [-0.2, -0.15) is 11.3 Å². The highest BCUT2D eigenvalue weighted by atomic mass is 35.5. The van der Waals surface area contributed by atoms with Crippen molar-refractivity contribution in [3.05, 3.63) is 141 Å². The number of rotatable bonds is 12. The summed E-state index contributed by atoms with van der Waals surface area (Å²) in [5, 5.41) is 5.41. The molecule has 4 nitrogen and oxygen atoms in total. The highest BCUT2D eigenvalue weighted by Crippen LogP contribution is 2.39. The van der Waals surface area contributed by atoms with Gasteiger partial charge in [0.05, 0.1) is 6.61 Å². The molecule has 0 atom stereocenters. The highest BCUT2D eigenvalue weighted by Gasteiger charge is 2.30. The van der Waals surface area contributed by atoms with Crippen molar-refractivity contribution in [1.82, 2.24) is 0 Å². The molecule has 0 fully saturated rings. The molecule has 0 aliphatic rings. The van der Waals surface area contributed by atoms with Gasteiger partial charge in [-0.1, -0.05) is 54.4 Å². The molecule has 0 spiro atoms. The Morgan fingerprint density at radius 1 is 0.690 bits per heavy atom. The highest BCUT2D eigenvalue weighted by molar-refractivity contribution is 7.07. The normalized spacial score (nSPS) is 11.2. The maximum Gasteiger partial charge on any atom is 0.305 e. The lowest BCUT2D eigenvalue weighted by atomic mass is 9.73. The molecule has 0 aliphatic carbocycles. The summed E-state index contributed by atoms with van der Waals surface area (Å²) in [4.78, 5) is 12.8. The van der Waals surface area contributed by atoms with Crippen molar-refractivity contribution in [2.45, 2.75) is 31.6 Å². The zero-order valence-electron chi connectivity index (χ0n) is 23.1. The van der Waals surface area contributed by atoms with E-state index in [0.29, 0.717) is 46.1 Å². The molecule has 7 heteroatoms. The number of hydrogen-bond donors (Lipinski definition) is 0. The molecular formula is C35H30Cl2O4S. The van der Waals surface area contributed by atoms with Crippen LogP contribution in [0.3, 0.4) is 0 Å². The van der Waals surface area contributed by atoms with Crippen molar-refractivity contribution < 1.29 is 19.0 Å². The third kappa shape index (κ3) is 7.95. The summed E-state index contributed by atoms with van der Waals surface area (Å²) in [6.07, 6.45) is 1.57. The van der Waals surface area contributed by atoms with Gasteiger partial charge in [0.15, 0.2) is 0 Å². The van der Waals surface area contributed by atoms with Gasteiger partial charge in [0, 0.05) is 28.3 Å². The van der Waals surface area contributed by atoms with Crippen molar-refractivity contribution in [3.8, 4) is 23.0 Å². The fourth-order valence-electron chi connectivity index (χ4n) is 4.66.